The van der Waals surface area contributed by atoms with E-state index in [1.807, 2.05) is 6.92 Å². The van der Waals surface area contributed by atoms with Crippen molar-refractivity contribution in [1.29, 1.82) is 0 Å². The first-order valence-corrected chi connectivity index (χ1v) is 5.80. The number of nitro benzene ring substituents is 1. The molecule has 0 atom stereocenters. The second-order valence-corrected chi connectivity index (χ2v) is 4.53. The summed E-state index contributed by atoms with van der Waals surface area (Å²) in [4.78, 5) is 10.1. The van der Waals surface area contributed by atoms with Crippen LogP contribution >= 0.6 is 11.3 Å². The molecule has 2 rings (SSSR count). The van der Waals surface area contributed by atoms with E-state index in [4.69, 9.17) is 0 Å². The summed E-state index contributed by atoms with van der Waals surface area (Å²) in [5, 5.41) is 23.6. The highest BCUT2D eigenvalue weighted by Gasteiger charge is 2.04. The van der Waals surface area contributed by atoms with Crippen LogP contribution in [0.1, 0.15) is 10.6 Å². The molecular formula is C10H9N5O2S. The van der Waals surface area contributed by atoms with Crippen molar-refractivity contribution in [3.05, 3.63) is 45.0 Å². The summed E-state index contributed by atoms with van der Waals surface area (Å²) in [5.74, 6) is 0. The van der Waals surface area contributed by atoms with Gasteiger partial charge in [0.05, 0.1) is 11.1 Å². The number of nitrogens with one attached hydrogen (secondary N) is 1. The molecular weight excluding hydrogens is 254 g/mol. The fourth-order valence-corrected chi connectivity index (χ4v) is 1.76. The number of rotatable bonds is 4. The molecule has 2 aromatic rings. The predicted molar refractivity (Wildman–Crippen MR) is 69.0 cm³/mol. The third-order valence-corrected chi connectivity index (χ3v) is 2.72. The van der Waals surface area contributed by atoms with Gasteiger partial charge in [-0.15, -0.1) is 10.2 Å². The van der Waals surface area contributed by atoms with Gasteiger partial charge in [0.15, 0.2) is 0 Å². The van der Waals surface area contributed by atoms with E-state index in [-0.39, 0.29) is 5.69 Å². The smallest absolute Gasteiger partial charge is 0.258 e. The summed E-state index contributed by atoms with van der Waals surface area (Å²) in [6.07, 6.45) is 1.49. The highest BCUT2D eigenvalue weighted by molar-refractivity contribution is 7.15. The van der Waals surface area contributed by atoms with E-state index in [1.165, 1.54) is 29.7 Å². The molecule has 0 spiro atoms. The predicted octanol–water partition coefficient (Wildman–Crippen LogP) is 2.20. The Morgan fingerprint density at radius 2 is 2.33 bits per heavy atom. The number of aromatic nitrogens is 2. The lowest BCUT2D eigenvalue weighted by Crippen LogP contribution is -1.92. The van der Waals surface area contributed by atoms with E-state index in [2.05, 4.69) is 20.7 Å². The molecule has 0 aliphatic heterocycles. The van der Waals surface area contributed by atoms with E-state index < -0.39 is 4.92 Å². The zero-order chi connectivity index (χ0) is 13.0. The fraction of sp³-hybridized carbons (Fsp3) is 0.100. The van der Waals surface area contributed by atoms with Gasteiger partial charge in [0.1, 0.15) is 5.01 Å². The number of nitrogens with zero attached hydrogens (tertiary/aromatic N) is 4. The maximum Gasteiger partial charge on any atom is 0.270 e. The molecule has 0 aliphatic rings. The lowest BCUT2D eigenvalue weighted by molar-refractivity contribution is -0.384. The molecule has 0 radical (unpaired) electrons. The first-order chi connectivity index (χ1) is 8.65. The van der Waals surface area contributed by atoms with Crippen molar-refractivity contribution in [2.45, 2.75) is 6.92 Å². The second-order valence-electron chi connectivity index (χ2n) is 3.35. The van der Waals surface area contributed by atoms with Gasteiger partial charge in [-0.2, -0.15) is 5.10 Å². The van der Waals surface area contributed by atoms with E-state index in [0.717, 1.165) is 5.01 Å². The summed E-state index contributed by atoms with van der Waals surface area (Å²) in [6.45, 7) is 1.84. The van der Waals surface area contributed by atoms with Crippen LogP contribution in [0.15, 0.2) is 29.4 Å². The third-order valence-electron chi connectivity index (χ3n) is 1.98. The molecule has 0 saturated heterocycles. The topological polar surface area (TPSA) is 93.3 Å². The molecule has 7 nitrogen and oxygen atoms in total. The number of hydrogen-bond acceptors (Lipinski definition) is 7. The molecule has 1 aromatic heterocycles. The SMILES string of the molecule is Cc1nnc(NN=Cc2cccc([N+](=O)[O-])c2)s1. The highest BCUT2D eigenvalue weighted by atomic mass is 32.1. The van der Waals surface area contributed by atoms with Crippen molar-refractivity contribution in [2.75, 3.05) is 5.43 Å². The molecule has 1 aromatic carbocycles. The Bertz CT molecular complexity index is 595. The quantitative estimate of drug-likeness (QED) is 0.518. The van der Waals surface area contributed by atoms with Gasteiger partial charge in [-0.3, -0.25) is 15.5 Å². The lowest BCUT2D eigenvalue weighted by Gasteiger charge is -1.94. The van der Waals surface area contributed by atoms with Gasteiger partial charge in [-0.05, 0) is 6.92 Å². The highest BCUT2D eigenvalue weighted by Crippen LogP contribution is 2.14. The Labute approximate surface area is 106 Å². The van der Waals surface area contributed by atoms with Crippen LogP contribution in [-0.2, 0) is 0 Å². The Hall–Kier alpha value is -2.35. The maximum absolute atomic E-state index is 10.6. The van der Waals surface area contributed by atoms with E-state index in [1.54, 1.807) is 12.1 Å². The molecule has 1 N–H and O–H groups in total. The van der Waals surface area contributed by atoms with Gasteiger partial charge in [-0.25, -0.2) is 0 Å². The van der Waals surface area contributed by atoms with E-state index in [9.17, 15) is 10.1 Å². The Kier molecular flexibility index (Phi) is 3.58. The van der Waals surface area contributed by atoms with Crippen molar-refractivity contribution >= 4 is 28.4 Å². The standard InChI is InChI=1S/C10H9N5O2S/c1-7-12-14-10(18-7)13-11-6-8-3-2-4-9(5-8)15(16)17/h2-6H,1H3,(H,13,14). The molecule has 18 heavy (non-hydrogen) atoms. The van der Waals surface area contributed by atoms with Crippen LogP contribution in [0.25, 0.3) is 0 Å². The van der Waals surface area contributed by atoms with Crippen molar-refractivity contribution < 1.29 is 4.92 Å². The normalized spacial score (nSPS) is 10.7. The summed E-state index contributed by atoms with van der Waals surface area (Å²) >= 11 is 1.38. The monoisotopic (exact) mass is 263 g/mol. The third kappa shape index (κ3) is 3.08. The number of hydrogen-bond donors (Lipinski definition) is 1. The zero-order valence-electron chi connectivity index (χ0n) is 9.40. The van der Waals surface area contributed by atoms with Gasteiger partial charge < -0.3 is 0 Å². The largest absolute Gasteiger partial charge is 0.270 e. The van der Waals surface area contributed by atoms with Crippen LogP contribution in [0, 0.1) is 17.0 Å². The summed E-state index contributed by atoms with van der Waals surface area (Å²) in [5.41, 5.74) is 3.38. The average molecular weight is 263 g/mol. The first kappa shape index (κ1) is 12.1. The Morgan fingerprint density at radius 3 is 3.00 bits per heavy atom. The van der Waals surface area contributed by atoms with Crippen LogP contribution < -0.4 is 5.43 Å². The molecule has 0 bridgehead atoms. The van der Waals surface area contributed by atoms with Crippen molar-refractivity contribution in [3.8, 4) is 0 Å². The molecule has 0 saturated carbocycles. The van der Waals surface area contributed by atoms with Gasteiger partial charge in [-0.1, -0.05) is 23.5 Å². The number of non-ortho nitro benzene ring substituents is 1. The van der Waals surface area contributed by atoms with Gasteiger partial charge >= 0.3 is 0 Å². The second kappa shape index (κ2) is 5.32. The summed E-state index contributed by atoms with van der Waals surface area (Å²) in [6, 6.07) is 6.20. The Balaban J connectivity index is 2.04. The van der Waals surface area contributed by atoms with Gasteiger partial charge in [0, 0.05) is 17.7 Å². The maximum atomic E-state index is 10.6. The number of nitro groups is 1. The van der Waals surface area contributed by atoms with Crippen molar-refractivity contribution in [1.82, 2.24) is 10.2 Å². The molecule has 8 heteroatoms. The minimum Gasteiger partial charge on any atom is -0.258 e. The van der Waals surface area contributed by atoms with E-state index >= 15 is 0 Å². The molecule has 0 unspecified atom stereocenters. The van der Waals surface area contributed by atoms with Crippen molar-refractivity contribution in [3.63, 3.8) is 0 Å². The lowest BCUT2D eigenvalue weighted by atomic mass is 10.2. The van der Waals surface area contributed by atoms with E-state index in [0.29, 0.717) is 10.7 Å². The fourth-order valence-electron chi connectivity index (χ4n) is 1.22. The Morgan fingerprint density at radius 1 is 1.50 bits per heavy atom. The minimum atomic E-state index is -0.446. The van der Waals surface area contributed by atoms with Crippen LogP contribution in [-0.4, -0.2) is 21.3 Å². The van der Waals surface area contributed by atoms with Crippen LogP contribution in [0.3, 0.4) is 0 Å². The molecule has 0 amide bonds. The van der Waals surface area contributed by atoms with Gasteiger partial charge in [0.25, 0.3) is 5.69 Å². The first-order valence-electron chi connectivity index (χ1n) is 4.99. The molecule has 1 heterocycles. The summed E-state index contributed by atoms with van der Waals surface area (Å²) in [7, 11) is 0. The molecule has 0 fully saturated rings. The van der Waals surface area contributed by atoms with Gasteiger partial charge in [0.2, 0.25) is 5.13 Å². The number of hydrazone groups is 1. The number of benzene rings is 1. The van der Waals surface area contributed by atoms with Crippen LogP contribution in [0.4, 0.5) is 10.8 Å². The van der Waals surface area contributed by atoms with Crippen LogP contribution in [0.5, 0.6) is 0 Å². The van der Waals surface area contributed by atoms with Crippen LogP contribution in [0.2, 0.25) is 0 Å². The number of aryl methyl sites for hydroxylation is 1. The number of anilines is 1. The summed E-state index contributed by atoms with van der Waals surface area (Å²) < 4.78 is 0. The molecule has 0 aliphatic carbocycles. The zero-order valence-corrected chi connectivity index (χ0v) is 10.2. The van der Waals surface area contributed by atoms with Crippen molar-refractivity contribution in [2.24, 2.45) is 5.10 Å². The average Bonchev–Trinajstić information content (AvgIpc) is 2.75. The minimum absolute atomic E-state index is 0.0331. The molecule has 92 valence electrons.